The second kappa shape index (κ2) is 6.08. The van der Waals surface area contributed by atoms with Crippen LogP contribution in [0.3, 0.4) is 0 Å². The van der Waals surface area contributed by atoms with Gasteiger partial charge in [-0.25, -0.2) is 0 Å². The summed E-state index contributed by atoms with van der Waals surface area (Å²) in [5.74, 6) is -0.0523. The van der Waals surface area contributed by atoms with Gasteiger partial charge in [-0.2, -0.15) is 0 Å². The Balaban J connectivity index is 1.59. The largest absolute Gasteiger partial charge is 0.348 e. The molecule has 2 aliphatic rings. The molecule has 0 atom stereocenters. The van der Waals surface area contributed by atoms with E-state index >= 15 is 0 Å². The summed E-state index contributed by atoms with van der Waals surface area (Å²) in [6.07, 6.45) is 1.57. The van der Waals surface area contributed by atoms with Crippen molar-refractivity contribution < 1.29 is 4.79 Å². The van der Waals surface area contributed by atoms with Crippen LogP contribution in [0, 0.1) is 0 Å². The summed E-state index contributed by atoms with van der Waals surface area (Å²) in [5.41, 5.74) is 0.412. The van der Waals surface area contributed by atoms with Crippen molar-refractivity contribution in [1.82, 2.24) is 14.8 Å². The lowest BCUT2D eigenvalue weighted by molar-refractivity contribution is 0.0688. The monoisotopic (exact) mass is 338 g/mol. The molecule has 1 saturated heterocycles. The smallest absolute Gasteiger partial charge is 0.272 e. The van der Waals surface area contributed by atoms with Gasteiger partial charge < -0.3 is 9.80 Å². The molecule has 0 saturated carbocycles. The average molecular weight is 339 g/mol. The van der Waals surface area contributed by atoms with E-state index in [0.717, 1.165) is 24.8 Å². The molecule has 0 unspecified atom stereocenters. The van der Waals surface area contributed by atoms with Gasteiger partial charge in [0.25, 0.3) is 5.91 Å². The Hall–Kier alpha value is -1.27. The highest BCUT2D eigenvalue weighted by molar-refractivity contribution is 8.15. The standard InChI is InChI=1S/C15H19ClN4OS/c1-15(2)10-18-14(22-15)20-7-5-19(6-8-20)13(21)12-9-11(16)3-4-17-12/h3-4,9H,5-8,10H2,1-2H3. The van der Waals surface area contributed by atoms with Crippen molar-refractivity contribution in [3.05, 3.63) is 29.0 Å². The molecule has 0 spiro atoms. The van der Waals surface area contributed by atoms with Crippen molar-refractivity contribution in [3.8, 4) is 0 Å². The molecule has 0 aromatic carbocycles. The number of halogens is 1. The Kier molecular flexibility index (Phi) is 4.32. The Labute approximate surface area is 139 Å². The molecule has 22 heavy (non-hydrogen) atoms. The van der Waals surface area contributed by atoms with E-state index in [-0.39, 0.29) is 10.7 Å². The lowest BCUT2D eigenvalue weighted by atomic mass is 10.2. The first-order chi connectivity index (χ1) is 10.4. The lowest BCUT2D eigenvalue weighted by Gasteiger charge is -2.35. The molecule has 3 heterocycles. The van der Waals surface area contributed by atoms with Crippen LogP contribution in [0.15, 0.2) is 23.3 Å². The normalized spacial score (nSPS) is 21.0. The minimum Gasteiger partial charge on any atom is -0.348 e. The Bertz CT molecular complexity index is 611. The number of piperazine rings is 1. The SMILES string of the molecule is CC1(C)CN=C(N2CCN(C(=O)c3cc(Cl)ccn3)CC2)S1. The first kappa shape index (κ1) is 15.6. The van der Waals surface area contributed by atoms with Crippen molar-refractivity contribution in [2.45, 2.75) is 18.6 Å². The van der Waals surface area contributed by atoms with Crippen molar-refractivity contribution in [3.63, 3.8) is 0 Å². The first-order valence-electron chi connectivity index (χ1n) is 7.34. The molecular weight excluding hydrogens is 320 g/mol. The molecule has 0 radical (unpaired) electrons. The highest BCUT2D eigenvalue weighted by Gasteiger charge is 2.32. The first-order valence-corrected chi connectivity index (χ1v) is 8.53. The molecule has 0 aliphatic carbocycles. The number of aliphatic imine (C=N–C) groups is 1. The topological polar surface area (TPSA) is 48.8 Å². The zero-order valence-corrected chi connectivity index (χ0v) is 14.3. The van der Waals surface area contributed by atoms with E-state index in [1.165, 1.54) is 0 Å². The van der Waals surface area contributed by atoms with Gasteiger partial charge in [0, 0.05) is 42.1 Å². The van der Waals surface area contributed by atoms with Crippen LogP contribution in [0.25, 0.3) is 0 Å². The van der Waals surface area contributed by atoms with Gasteiger partial charge in [-0.1, -0.05) is 23.4 Å². The number of amides is 1. The predicted molar refractivity (Wildman–Crippen MR) is 90.7 cm³/mol. The Morgan fingerprint density at radius 1 is 1.32 bits per heavy atom. The number of carbonyl (C=O) groups is 1. The van der Waals surface area contributed by atoms with Crippen molar-refractivity contribution in [2.24, 2.45) is 4.99 Å². The zero-order valence-electron chi connectivity index (χ0n) is 12.8. The fourth-order valence-corrected chi connectivity index (χ4v) is 3.74. The minimum atomic E-state index is -0.0523. The summed E-state index contributed by atoms with van der Waals surface area (Å²) in [6, 6.07) is 3.29. The van der Waals surface area contributed by atoms with E-state index in [1.807, 2.05) is 16.7 Å². The molecule has 2 aliphatic heterocycles. The van der Waals surface area contributed by atoms with Crippen LogP contribution in [0.1, 0.15) is 24.3 Å². The lowest BCUT2D eigenvalue weighted by Crippen LogP contribution is -2.50. The molecule has 1 aromatic heterocycles. The van der Waals surface area contributed by atoms with Crippen LogP contribution in [-0.4, -0.2) is 63.3 Å². The van der Waals surface area contributed by atoms with Gasteiger partial charge >= 0.3 is 0 Å². The van der Waals surface area contributed by atoms with E-state index in [9.17, 15) is 4.79 Å². The van der Waals surface area contributed by atoms with Crippen molar-refractivity contribution in [2.75, 3.05) is 32.7 Å². The average Bonchev–Trinajstić information content (AvgIpc) is 2.87. The fourth-order valence-electron chi connectivity index (χ4n) is 2.52. The summed E-state index contributed by atoms with van der Waals surface area (Å²) in [4.78, 5) is 25.3. The third kappa shape index (κ3) is 3.38. The Morgan fingerprint density at radius 3 is 2.64 bits per heavy atom. The van der Waals surface area contributed by atoms with Crippen LogP contribution in [-0.2, 0) is 0 Å². The Morgan fingerprint density at radius 2 is 2.05 bits per heavy atom. The number of rotatable bonds is 1. The molecule has 0 N–H and O–H groups in total. The van der Waals surface area contributed by atoms with E-state index in [0.29, 0.717) is 23.8 Å². The van der Waals surface area contributed by atoms with Gasteiger partial charge in [-0.05, 0) is 26.0 Å². The highest BCUT2D eigenvalue weighted by atomic mass is 35.5. The summed E-state index contributed by atoms with van der Waals surface area (Å²) < 4.78 is 0.187. The number of hydrogen-bond acceptors (Lipinski definition) is 5. The van der Waals surface area contributed by atoms with E-state index < -0.39 is 0 Å². The van der Waals surface area contributed by atoms with Crippen molar-refractivity contribution >= 4 is 34.4 Å². The van der Waals surface area contributed by atoms with Crippen LogP contribution in [0.5, 0.6) is 0 Å². The molecule has 1 amide bonds. The molecular formula is C15H19ClN4OS. The van der Waals surface area contributed by atoms with Gasteiger partial charge in [-0.3, -0.25) is 14.8 Å². The maximum absolute atomic E-state index is 12.4. The van der Waals surface area contributed by atoms with Gasteiger partial charge in [0.15, 0.2) is 5.17 Å². The van der Waals surface area contributed by atoms with E-state index in [2.05, 4.69) is 28.7 Å². The minimum absolute atomic E-state index is 0.0523. The summed E-state index contributed by atoms with van der Waals surface area (Å²) >= 11 is 7.75. The number of thioether (sulfide) groups is 1. The predicted octanol–water partition coefficient (Wildman–Crippen LogP) is 2.37. The maximum Gasteiger partial charge on any atom is 0.272 e. The third-order valence-corrected chi connectivity index (χ3v) is 5.23. The summed E-state index contributed by atoms with van der Waals surface area (Å²) in [7, 11) is 0. The summed E-state index contributed by atoms with van der Waals surface area (Å²) in [5, 5.41) is 1.65. The van der Waals surface area contributed by atoms with E-state index in [4.69, 9.17) is 11.6 Å². The number of pyridine rings is 1. The van der Waals surface area contributed by atoms with Crippen LogP contribution < -0.4 is 0 Å². The highest BCUT2D eigenvalue weighted by Crippen LogP contribution is 2.33. The number of hydrogen-bond donors (Lipinski definition) is 0. The third-order valence-electron chi connectivity index (χ3n) is 3.74. The number of aromatic nitrogens is 1. The van der Waals surface area contributed by atoms with Crippen molar-refractivity contribution in [1.29, 1.82) is 0 Å². The number of nitrogens with zero attached hydrogens (tertiary/aromatic N) is 4. The maximum atomic E-state index is 12.4. The molecule has 1 aromatic rings. The van der Waals surface area contributed by atoms with Crippen LogP contribution in [0.2, 0.25) is 5.02 Å². The van der Waals surface area contributed by atoms with Crippen LogP contribution >= 0.6 is 23.4 Å². The molecule has 3 rings (SSSR count). The summed E-state index contributed by atoms with van der Waals surface area (Å²) in [6.45, 7) is 8.28. The fraction of sp³-hybridized carbons (Fsp3) is 0.533. The molecule has 118 valence electrons. The second-order valence-corrected chi connectivity index (χ2v) is 8.21. The van der Waals surface area contributed by atoms with Gasteiger partial charge in [-0.15, -0.1) is 0 Å². The van der Waals surface area contributed by atoms with Gasteiger partial charge in [0.1, 0.15) is 5.69 Å². The van der Waals surface area contributed by atoms with E-state index in [1.54, 1.807) is 18.3 Å². The second-order valence-electron chi connectivity index (χ2n) is 6.10. The quantitative estimate of drug-likeness (QED) is 0.788. The molecule has 5 nitrogen and oxygen atoms in total. The number of amidine groups is 1. The van der Waals surface area contributed by atoms with Gasteiger partial charge in [0.2, 0.25) is 0 Å². The van der Waals surface area contributed by atoms with Crippen LogP contribution in [0.4, 0.5) is 0 Å². The number of carbonyl (C=O) groups excluding carboxylic acids is 1. The molecule has 0 bridgehead atoms. The molecule has 7 heteroatoms. The zero-order chi connectivity index (χ0) is 15.7. The van der Waals surface area contributed by atoms with Gasteiger partial charge in [0.05, 0.1) is 6.54 Å². The molecule has 1 fully saturated rings.